The highest BCUT2D eigenvalue weighted by atomic mass is 35.5. The summed E-state index contributed by atoms with van der Waals surface area (Å²) in [5.41, 5.74) is -2.79. The molecular weight excluding hydrogens is 370 g/mol. The van der Waals surface area contributed by atoms with Crippen LogP contribution in [0.15, 0.2) is 42.5 Å². The lowest BCUT2D eigenvalue weighted by Gasteiger charge is -2.57. The number of amides is 1. The number of fused-ring (bicyclic) bond motifs is 1. The molecule has 27 heavy (non-hydrogen) atoms. The van der Waals surface area contributed by atoms with E-state index in [9.17, 15) is 24.9 Å². The van der Waals surface area contributed by atoms with Crippen LogP contribution in [0.1, 0.15) is 29.2 Å². The number of aliphatic hydroxyl groups is 2. The number of halogens is 1. The van der Waals surface area contributed by atoms with Gasteiger partial charge in [0.25, 0.3) is 0 Å². The maximum Gasteiger partial charge on any atom is 0.311 e. The lowest BCUT2D eigenvalue weighted by atomic mass is 9.49. The van der Waals surface area contributed by atoms with Crippen LogP contribution in [0.3, 0.4) is 0 Å². The van der Waals surface area contributed by atoms with E-state index in [1.54, 1.807) is 43.3 Å². The highest BCUT2D eigenvalue weighted by molar-refractivity contribution is 6.30. The third kappa shape index (κ3) is 2.09. The minimum atomic E-state index is -2.00. The summed E-state index contributed by atoms with van der Waals surface area (Å²) >= 11 is 6.10. The summed E-state index contributed by atoms with van der Waals surface area (Å²) in [4.78, 5) is 25.1. The Kier molecular flexibility index (Phi) is 3.86. The van der Waals surface area contributed by atoms with Gasteiger partial charge in [0.2, 0.25) is 5.91 Å². The molecule has 0 aromatic heterocycles. The molecule has 0 radical (unpaired) electrons. The molecule has 7 heteroatoms. The zero-order valence-corrected chi connectivity index (χ0v) is 15.2. The zero-order chi connectivity index (χ0) is 19.6. The van der Waals surface area contributed by atoms with E-state index in [2.05, 4.69) is 5.32 Å². The Balaban J connectivity index is 2.14. The minimum absolute atomic E-state index is 0.212. The van der Waals surface area contributed by atoms with Gasteiger partial charge in [-0.2, -0.15) is 0 Å². The Morgan fingerprint density at radius 1 is 1.00 bits per heavy atom. The normalized spacial score (nSPS) is 30.4. The molecule has 0 saturated heterocycles. The molecule has 3 aliphatic rings. The first-order valence-electron chi connectivity index (χ1n) is 8.63. The van der Waals surface area contributed by atoms with E-state index in [-0.39, 0.29) is 17.7 Å². The lowest BCUT2D eigenvalue weighted by molar-refractivity contribution is -0.179. The maximum atomic E-state index is 12.9. The number of carbonyl (C=O) groups excluding carboxylic acids is 1. The largest absolute Gasteiger partial charge is 0.481 e. The molecular formula is C20H18ClNO5. The zero-order valence-electron chi connectivity index (χ0n) is 14.4. The Hall–Kier alpha value is -2.41. The molecule has 2 aromatic carbocycles. The van der Waals surface area contributed by atoms with Gasteiger partial charge in [-0.15, -0.1) is 0 Å². The van der Waals surface area contributed by atoms with E-state index in [1.165, 1.54) is 6.07 Å². The van der Waals surface area contributed by atoms with Crippen LogP contribution in [-0.2, 0) is 20.8 Å². The van der Waals surface area contributed by atoms with Crippen molar-refractivity contribution in [1.29, 1.82) is 0 Å². The second kappa shape index (κ2) is 5.79. The fourth-order valence-electron chi connectivity index (χ4n) is 4.70. The van der Waals surface area contributed by atoms with Crippen molar-refractivity contribution < 1.29 is 24.9 Å². The molecule has 140 valence electrons. The number of carbonyl (C=O) groups is 2. The number of rotatable bonds is 3. The van der Waals surface area contributed by atoms with Crippen LogP contribution in [0, 0.1) is 11.8 Å². The number of aliphatic carboxylic acids is 1. The number of carboxylic acids is 1. The third-order valence-corrected chi connectivity index (χ3v) is 5.92. The van der Waals surface area contributed by atoms with Gasteiger partial charge < -0.3 is 20.6 Å². The van der Waals surface area contributed by atoms with Crippen molar-refractivity contribution in [1.82, 2.24) is 5.32 Å². The van der Waals surface area contributed by atoms with E-state index in [1.807, 2.05) is 0 Å². The molecule has 0 aliphatic heterocycles. The Morgan fingerprint density at radius 2 is 1.56 bits per heavy atom. The number of benzene rings is 2. The molecule has 0 heterocycles. The van der Waals surface area contributed by atoms with Gasteiger partial charge >= 0.3 is 5.97 Å². The smallest absolute Gasteiger partial charge is 0.311 e. The average Bonchev–Trinajstić information content (AvgIpc) is 2.63. The van der Waals surface area contributed by atoms with E-state index in [0.29, 0.717) is 16.1 Å². The number of nitrogens with one attached hydrogen (secondary N) is 1. The number of carboxylic acid groups (broad SMARTS) is 1. The SMILES string of the molecule is CCNC(=O)C1C(C(=O)O)C2(O)c3ccccc3C1(O)c1ccc(Cl)cc12. The van der Waals surface area contributed by atoms with Crippen molar-refractivity contribution in [3.05, 3.63) is 69.7 Å². The number of hydrogen-bond donors (Lipinski definition) is 4. The Labute approximate surface area is 160 Å². The summed E-state index contributed by atoms with van der Waals surface area (Å²) in [7, 11) is 0. The highest BCUT2D eigenvalue weighted by Gasteiger charge is 2.69. The molecule has 1 amide bonds. The third-order valence-electron chi connectivity index (χ3n) is 5.68. The van der Waals surface area contributed by atoms with Crippen molar-refractivity contribution in [2.24, 2.45) is 11.8 Å². The van der Waals surface area contributed by atoms with E-state index < -0.39 is 34.9 Å². The summed E-state index contributed by atoms with van der Waals surface area (Å²) in [6.07, 6.45) is 0. The maximum absolute atomic E-state index is 12.9. The predicted octanol–water partition coefficient (Wildman–Crippen LogP) is 1.59. The summed E-state index contributed by atoms with van der Waals surface area (Å²) in [5.74, 6) is -4.97. The number of hydrogen-bond acceptors (Lipinski definition) is 4. The fraction of sp³-hybridized carbons (Fsp3) is 0.300. The Morgan fingerprint density at radius 3 is 2.11 bits per heavy atom. The highest BCUT2D eigenvalue weighted by Crippen LogP contribution is 2.62. The van der Waals surface area contributed by atoms with Crippen LogP contribution in [0.25, 0.3) is 0 Å². The molecule has 4 unspecified atom stereocenters. The molecule has 0 fully saturated rings. The molecule has 2 aromatic rings. The summed E-state index contributed by atoms with van der Waals surface area (Å²) in [6.45, 7) is 1.97. The van der Waals surface area contributed by atoms with Gasteiger partial charge in [-0.05, 0) is 41.3 Å². The van der Waals surface area contributed by atoms with Crippen molar-refractivity contribution in [3.8, 4) is 0 Å². The first kappa shape index (κ1) is 18.0. The second-order valence-electron chi connectivity index (χ2n) is 6.96. The van der Waals surface area contributed by atoms with Crippen LogP contribution < -0.4 is 5.32 Å². The van der Waals surface area contributed by atoms with E-state index in [4.69, 9.17) is 11.6 Å². The van der Waals surface area contributed by atoms with Gasteiger partial charge in [0, 0.05) is 11.6 Å². The van der Waals surface area contributed by atoms with Crippen molar-refractivity contribution in [3.63, 3.8) is 0 Å². The van der Waals surface area contributed by atoms with Crippen molar-refractivity contribution >= 4 is 23.5 Å². The first-order chi connectivity index (χ1) is 12.8. The average molecular weight is 388 g/mol. The molecule has 5 rings (SSSR count). The first-order valence-corrected chi connectivity index (χ1v) is 9.01. The predicted molar refractivity (Wildman–Crippen MR) is 97.2 cm³/mol. The van der Waals surface area contributed by atoms with Crippen LogP contribution in [0.5, 0.6) is 0 Å². The fourth-order valence-corrected chi connectivity index (χ4v) is 4.87. The molecule has 4 N–H and O–H groups in total. The van der Waals surface area contributed by atoms with Crippen molar-refractivity contribution in [2.45, 2.75) is 18.1 Å². The van der Waals surface area contributed by atoms with Crippen LogP contribution in [0.2, 0.25) is 5.02 Å². The second-order valence-corrected chi connectivity index (χ2v) is 7.39. The quantitative estimate of drug-likeness (QED) is 0.640. The summed E-state index contributed by atoms with van der Waals surface area (Å²) in [5, 5.41) is 36.4. The van der Waals surface area contributed by atoms with Gasteiger partial charge in [0.05, 0.1) is 5.92 Å². The standard InChI is InChI=1S/C20H18ClNO5/c1-2-22-17(23)15-16(18(24)25)20(27)12-6-4-3-5-11(12)19(15,26)13-8-7-10(21)9-14(13)20/h3-9,15-16,26-27H,2H2,1H3,(H,22,23)(H,24,25). The van der Waals surface area contributed by atoms with E-state index in [0.717, 1.165) is 0 Å². The lowest BCUT2D eigenvalue weighted by Crippen LogP contribution is -2.65. The van der Waals surface area contributed by atoms with Crippen molar-refractivity contribution in [2.75, 3.05) is 6.54 Å². The molecule has 4 atom stereocenters. The molecule has 2 bridgehead atoms. The molecule has 0 spiro atoms. The van der Waals surface area contributed by atoms with Gasteiger partial charge in [-0.25, -0.2) is 0 Å². The monoisotopic (exact) mass is 387 g/mol. The Bertz CT molecular complexity index is 977. The van der Waals surface area contributed by atoms with Crippen LogP contribution in [0.4, 0.5) is 0 Å². The summed E-state index contributed by atoms with van der Waals surface area (Å²) in [6, 6.07) is 11.1. The van der Waals surface area contributed by atoms with Crippen LogP contribution in [-0.4, -0.2) is 33.7 Å². The molecule has 0 saturated carbocycles. The van der Waals surface area contributed by atoms with Gasteiger partial charge in [-0.3, -0.25) is 9.59 Å². The van der Waals surface area contributed by atoms with Gasteiger partial charge in [0.15, 0.2) is 0 Å². The molecule has 3 aliphatic carbocycles. The van der Waals surface area contributed by atoms with E-state index >= 15 is 0 Å². The minimum Gasteiger partial charge on any atom is -0.481 e. The van der Waals surface area contributed by atoms with Gasteiger partial charge in [0.1, 0.15) is 17.1 Å². The topological polar surface area (TPSA) is 107 Å². The molecule has 6 nitrogen and oxygen atoms in total. The summed E-state index contributed by atoms with van der Waals surface area (Å²) < 4.78 is 0. The van der Waals surface area contributed by atoms with Crippen LogP contribution >= 0.6 is 11.6 Å². The van der Waals surface area contributed by atoms with Gasteiger partial charge in [-0.1, -0.05) is 41.9 Å².